The average molecular weight is 522 g/mol. The molecule has 9 heteroatoms. The van der Waals surface area contributed by atoms with E-state index in [0.29, 0.717) is 72.9 Å². The van der Waals surface area contributed by atoms with Gasteiger partial charge in [0.25, 0.3) is 0 Å². The number of methoxy groups -OCH3 is 2. The molecule has 1 aliphatic carbocycles. The minimum absolute atomic E-state index is 0.121. The summed E-state index contributed by atoms with van der Waals surface area (Å²) in [5, 5.41) is 0. The summed E-state index contributed by atoms with van der Waals surface area (Å²) in [6.45, 7) is 2.57. The van der Waals surface area contributed by atoms with E-state index in [1.807, 2.05) is 24.3 Å². The molecule has 0 bridgehead atoms. The average Bonchev–Trinajstić information content (AvgIpc) is 3.81. The van der Waals surface area contributed by atoms with Crippen molar-refractivity contribution in [2.24, 2.45) is 5.92 Å². The predicted octanol–water partition coefficient (Wildman–Crippen LogP) is 4.76. The quantitative estimate of drug-likeness (QED) is 0.353. The highest BCUT2D eigenvalue weighted by atomic mass is 19.1. The van der Waals surface area contributed by atoms with Crippen LogP contribution in [-0.4, -0.2) is 56.5 Å². The number of anilines is 1. The molecule has 0 radical (unpaired) electrons. The van der Waals surface area contributed by atoms with E-state index in [9.17, 15) is 9.18 Å². The van der Waals surface area contributed by atoms with Crippen LogP contribution in [0.25, 0.3) is 11.3 Å². The van der Waals surface area contributed by atoms with Gasteiger partial charge in [-0.1, -0.05) is 12.1 Å². The molecule has 200 valence electrons. The van der Waals surface area contributed by atoms with Gasteiger partial charge in [0, 0.05) is 18.7 Å². The van der Waals surface area contributed by atoms with Crippen LogP contribution in [0.1, 0.15) is 36.4 Å². The van der Waals surface area contributed by atoms with Crippen LogP contribution in [0.2, 0.25) is 0 Å². The largest absolute Gasteiger partial charge is 0.497 e. The van der Waals surface area contributed by atoms with Gasteiger partial charge in [0.05, 0.1) is 45.7 Å². The van der Waals surface area contributed by atoms with Crippen LogP contribution in [0.15, 0.2) is 48.7 Å². The summed E-state index contributed by atoms with van der Waals surface area (Å²) >= 11 is 0. The first kappa shape index (κ1) is 25.9. The fraction of sp³-hybridized carbons (Fsp3) is 0.414. The van der Waals surface area contributed by atoms with Crippen molar-refractivity contribution in [2.75, 3.05) is 45.4 Å². The third-order valence-corrected chi connectivity index (χ3v) is 7.02. The lowest BCUT2D eigenvalue weighted by Gasteiger charge is -2.29. The normalized spacial score (nSPS) is 16.1. The van der Waals surface area contributed by atoms with Crippen LogP contribution >= 0.6 is 0 Å². The van der Waals surface area contributed by atoms with E-state index in [-0.39, 0.29) is 18.5 Å². The third-order valence-electron chi connectivity index (χ3n) is 7.02. The summed E-state index contributed by atoms with van der Waals surface area (Å²) in [5.41, 5.74) is 2.47. The highest BCUT2D eigenvalue weighted by Gasteiger charge is 2.34. The van der Waals surface area contributed by atoms with Gasteiger partial charge >= 0.3 is 5.97 Å². The molecule has 3 aromatic rings. The van der Waals surface area contributed by atoms with Crippen LogP contribution in [0, 0.1) is 11.7 Å². The summed E-state index contributed by atoms with van der Waals surface area (Å²) in [6, 6.07) is 12.4. The lowest BCUT2D eigenvalue weighted by atomic mass is 9.91. The Bertz CT molecular complexity index is 1280. The molecule has 0 amide bonds. The number of rotatable bonds is 10. The van der Waals surface area contributed by atoms with E-state index in [2.05, 4.69) is 9.88 Å². The Labute approximate surface area is 221 Å². The first-order valence-corrected chi connectivity index (χ1v) is 12.9. The molecule has 2 aromatic carbocycles. The molecule has 38 heavy (non-hydrogen) atoms. The van der Waals surface area contributed by atoms with Crippen molar-refractivity contribution < 1.29 is 28.1 Å². The maximum absolute atomic E-state index is 14.9. The van der Waals surface area contributed by atoms with Crippen molar-refractivity contribution in [3.8, 4) is 22.8 Å². The van der Waals surface area contributed by atoms with E-state index >= 15 is 0 Å². The zero-order chi connectivity index (χ0) is 26.5. The fourth-order valence-corrected chi connectivity index (χ4v) is 4.79. The maximum atomic E-state index is 14.9. The van der Waals surface area contributed by atoms with E-state index < -0.39 is 5.82 Å². The first-order valence-electron chi connectivity index (χ1n) is 12.9. The van der Waals surface area contributed by atoms with Gasteiger partial charge in [0.1, 0.15) is 29.6 Å². The Kier molecular flexibility index (Phi) is 8.03. The summed E-state index contributed by atoms with van der Waals surface area (Å²) in [5.74, 6) is 1.84. The van der Waals surface area contributed by atoms with Crippen molar-refractivity contribution in [3.05, 3.63) is 65.7 Å². The number of hydrogen-bond acceptors (Lipinski definition) is 8. The number of aromatic nitrogens is 2. The topological polar surface area (TPSA) is 83.0 Å². The van der Waals surface area contributed by atoms with Crippen molar-refractivity contribution >= 4 is 11.8 Å². The van der Waals surface area contributed by atoms with Gasteiger partial charge in [-0.25, -0.2) is 9.37 Å². The van der Waals surface area contributed by atoms with Gasteiger partial charge in [-0.2, -0.15) is 0 Å². The van der Waals surface area contributed by atoms with Gasteiger partial charge in [0.15, 0.2) is 5.82 Å². The Hall–Kier alpha value is -3.72. The molecule has 2 fully saturated rings. The second kappa shape index (κ2) is 11.8. The smallest absolute Gasteiger partial charge is 0.306 e. The Morgan fingerprint density at radius 1 is 1.13 bits per heavy atom. The molecule has 1 atom stereocenters. The Morgan fingerprint density at radius 2 is 1.95 bits per heavy atom. The van der Waals surface area contributed by atoms with Gasteiger partial charge < -0.3 is 23.8 Å². The minimum Gasteiger partial charge on any atom is -0.497 e. The van der Waals surface area contributed by atoms with Crippen molar-refractivity contribution in [1.82, 2.24) is 9.97 Å². The van der Waals surface area contributed by atoms with Crippen molar-refractivity contribution in [2.45, 2.75) is 31.8 Å². The molecule has 5 rings (SSSR count). The molecule has 1 saturated heterocycles. The van der Waals surface area contributed by atoms with Crippen molar-refractivity contribution in [1.29, 1.82) is 0 Å². The molecule has 1 aromatic heterocycles. The third kappa shape index (κ3) is 6.05. The predicted molar refractivity (Wildman–Crippen MR) is 140 cm³/mol. The minimum atomic E-state index is -0.396. The lowest BCUT2D eigenvalue weighted by Crippen LogP contribution is -2.37. The summed E-state index contributed by atoms with van der Waals surface area (Å²) in [6.07, 6.45) is 4.22. The lowest BCUT2D eigenvalue weighted by molar-refractivity contribution is -0.141. The number of morpholine rings is 1. The van der Waals surface area contributed by atoms with Crippen LogP contribution in [-0.2, 0) is 20.9 Å². The van der Waals surface area contributed by atoms with Gasteiger partial charge in [-0.15, -0.1) is 0 Å². The summed E-state index contributed by atoms with van der Waals surface area (Å²) in [7, 11) is 2.97. The Balaban J connectivity index is 1.38. The van der Waals surface area contributed by atoms with E-state index in [1.54, 1.807) is 25.4 Å². The zero-order valence-electron chi connectivity index (χ0n) is 21.7. The number of benzene rings is 2. The highest BCUT2D eigenvalue weighted by Crippen LogP contribution is 2.45. The van der Waals surface area contributed by atoms with Gasteiger partial charge in [-0.05, 0) is 60.6 Å². The molecule has 2 heterocycles. The number of nitrogens with zero attached hydrogens (tertiary/aromatic N) is 3. The summed E-state index contributed by atoms with van der Waals surface area (Å²) < 4.78 is 36.7. The molecule has 1 aliphatic heterocycles. The summed E-state index contributed by atoms with van der Waals surface area (Å²) in [4.78, 5) is 23.5. The molecule has 0 spiro atoms. The second-order valence-corrected chi connectivity index (χ2v) is 9.56. The van der Waals surface area contributed by atoms with Gasteiger partial charge in [0.2, 0.25) is 0 Å². The fourth-order valence-electron chi connectivity index (χ4n) is 4.79. The van der Waals surface area contributed by atoms with E-state index in [0.717, 1.165) is 18.4 Å². The number of halogens is 1. The van der Waals surface area contributed by atoms with Crippen LogP contribution in [0.3, 0.4) is 0 Å². The van der Waals surface area contributed by atoms with Crippen LogP contribution in [0.5, 0.6) is 11.5 Å². The zero-order valence-corrected chi connectivity index (χ0v) is 21.7. The van der Waals surface area contributed by atoms with Crippen LogP contribution < -0.4 is 14.4 Å². The maximum Gasteiger partial charge on any atom is 0.306 e. The molecule has 8 nitrogen and oxygen atoms in total. The standard InChI is InChI=1S/C29H32FN3O5/c1-35-22-8-9-26(30)25(15-22)28-29(33-10-12-37-13-11-33)32-21(17-31-28)18-38-23-5-3-4-20(14-23)24(19-6-7-19)16-27(34)36-2/h3-5,8-9,14-15,17,19,24H,6-7,10-13,16,18H2,1-2H3/t24-/m0/s1. The highest BCUT2D eigenvalue weighted by molar-refractivity contribution is 5.74. The van der Waals surface area contributed by atoms with Gasteiger partial charge in [-0.3, -0.25) is 9.78 Å². The van der Waals surface area contributed by atoms with E-state index in [4.69, 9.17) is 23.9 Å². The second-order valence-electron chi connectivity index (χ2n) is 9.56. The monoisotopic (exact) mass is 521 g/mol. The number of esters is 1. The van der Waals surface area contributed by atoms with Crippen LogP contribution in [0.4, 0.5) is 10.2 Å². The molecule has 1 saturated carbocycles. The molecule has 2 aliphatic rings. The molecular formula is C29H32FN3O5. The number of ether oxygens (including phenoxy) is 4. The molecular weight excluding hydrogens is 489 g/mol. The number of hydrogen-bond donors (Lipinski definition) is 0. The molecule has 0 unspecified atom stereocenters. The Morgan fingerprint density at radius 3 is 2.68 bits per heavy atom. The number of carbonyl (C=O) groups excluding carboxylic acids is 1. The van der Waals surface area contributed by atoms with E-state index in [1.165, 1.54) is 13.2 Å². The van der Waals surface area contributed by atoms with Crippen molar-refractivity contribution in [3.63, 3.8) is 0 Å². The first-order chi connectivity index (χ1) is 18.6. The molecule has 0 N–H and O–H groups in total. The number of carbonyl (C=O) groups is 1. The SMILES string of the molecule is COC(=O)C[C@H](c1cccc(OCc2cnc(-c3cc(OC)ccc3F)c(N3CCOCC3)n2)c1)C1CC1.